The lowest BCUT2D eigenvalue weighted by atomic mass is 9.93. The van der Waals surface area contributed by atoms with Crippen LogP contribution in [0.5, 0.6) is 0 Å². The Balaban J connectivity index is 1.55. The van der Waals surface area contributed by atoms with Crippen molar-refractivity contribution in [2.24, 2.45) is 11.8 Å². The fourth-order valence-corrected chi connectivity index (χ4v) is 3.74. The van der Waals surface area contributed by atoms with E-state index in [2.05, 4.69) is 16.7 Å². The molecule has 2 aliphatic rings. The van der Waals surface area contributed by atoms with Crippen molar-refractivity contribution in [1.82, 2.24) is 9.80 Å². The first-order chi connectivity index (χ1) is 11.1. The van der Waals surface area contributed by atoms with Gasteiger partial charge in [0.25, 0.3) is 0 Å². The second kappa shape index (κ2) is 7.43. The molecule has 1 atom stereocenters. The van der Waals surface area contributed by atoms with Gasteiger partial charge in [-0.2, -0.15) is 0 Å². The molecule has 23 heavy (non-hydrogen) atoms. The van der Waals surface area contributed by atoms with Crippen LogP contribution >= 0.6 is 0 Å². The second-order valence-electron chi connectivity index (χ2n) is 7.21. The molecule has 0 radical (unpaired) electrons. The second-order valence-corrected chi connectivity index (χ2v) is 7.21. The van der Waals surface area contributed by atoms with Crippen LogP contribution in [0.4, 0.5) is 4.39 Å². The molecule has 1 aromatic rings. The zero-order valence-corrected chi connectivity index (χ0v) is 14.0. The Bertz CT molecular complexity index is 523. The van der Waals surface area contributed by atoms with Gasteiger partial charge in [-0.3, -0.25) is 9.69 Å². The molecule has 0 aliphatic carbocycles. The molecule has 2 saturated heterocycles. The minimum atomic E-state index is -0.195. The van der Waals surface area contributed by atoms with Gasteiger partial charge in [-0.15, -0.1) is 0 Å². The minimum absolute atomic E-state index is 0.137. The van der Waals surface area contributed by atoms with Crippen molar-refractivity contribution in [1.29, 1.82) is 0 Å². The van der Waals surface area contributed by atoms with Crippen LogP contribution in [0.25, 0.3) is 0 Å². The lowest BCUT2D eigenvalue weighted by Crippen LogP contribution is -2.46. The molecule has 2 fully saturated rings. The predicted octanol–water partition coefficient (Wildman–Crippen LogP) is 3.30. The number of benzene rings is 1. The summed E-state index contributed by atoms with van der Waals surface area (Å²) in [5.74, 6) is 1.04. The van der Waals surface area contributed by atoms with Crippen LogP contribution in [0.1, 0.15) is 38.2 Å². The van der Waals surface area contributed by atoms with Gasteiger partial charge in [0.2, 0.25) is 5.91 Å². The quantitative estimate of drug-likeness (QED) is 0.854. The Morgan fingerprint density at radius 2 is 1.83 bits per heavy atom. The van der Waals surface area contributed by atoms with E-state index in [1.807, 2.05) is 12.1 Å². The Morgan fingerprint density at radius 1 is 1.13 bits per heavy atom. The number of amides is 1. The van der Waals surface area contributed by atoms with E-state index < -0.39 is 0 Å². The number of nitrogens with zero attached hydrogens (tertiary/aromatic N) is 2. The fourth-order valence-electron chi connectivity index (χ4n) is 3.74. The van der Waals surface area contributed by atoms with Crippen molar-refractivity contribution in [3.05, 3.63) is 35.6 Å². The van der Waals surface area contributed by atoms with E-state index in [4.69, 9.17) is 0 Å². The van der Waals surface area contributed by atoms with Gasteiger partial charge in [0.15, 0.2) is 0 Å². The summed E-state index contributed by atoms with van der Waals surface area (Å²) in [7, 11) is 0. The van der Waals surface area contributed by atoms with Crippen LogP contribution in [-0.4, -0.2) is 41.9 Å². The lowest BCUT2D eigenvalue weighted by molar-refractivity contribution is -0.138. The van der Waals surface area contributed by atoms with Gasteiger partial charge >= 0.3 is 0 Å². The first-order valence-electron chi connectivity index (χ1n) is 8.87. The summed E-state index contributed by atoms with van der Waals surface area (Å²) in [6.07, 6.45) is 4.35. The molecule has 0 aromatic heterocycles. The molecule has 4 heteroatoms. The van der Waals surface area contributed by atoms with Crippen LogP contribution in [-0.2, 0) is 11.3 Å². The minimum Gasteiger partial charge on any atom is -0.342 e. The summed E-state index contributed by atoms with van der Waals surface area (Å²) < 4.78 is 13.0. The third kappa shape index (κ3) is 4.31. The summed E-state index contributed by atoms with van der Waals surface area (Å²) in [6.45, 7) is 6.79. The maximum absolute atomic E-state index is 13.0. The Hall–Kier alpha value is -1.42. The van der Waals surface area contributed by atoms with Crippen LogP contribution in [0, 0.1) is 17.7 Å². The van der Waals surface area contributed by atoms with Gasteiger partial charge in [-0.05, 0) is 55.8 Å². The number of rotatable bonds is 3. The highest BCUT2D eigenvalue weighted by molar-refractivity contribution is 5.79. The molecule has 3 nitrogen and oxygen atoms in total. The van der Waals surface area contributed by atoms with E-state index in [-0.39, 0.29) is 11.7 Å². The fraction of sp³-hybridized carbons (Fsp3) is 0.632. The number of carbonyl (C=O) groups excluding carboxylic acids is 1. The SMILES string of the molecule is CC1CCN(C(=O)C2CCCN(Cc3ccc(F)cc3)C2)CC1. The van der Waals surface area contributed by atoms with Gasteiger partial charge < -0.3 is 4.90 Å². The molecule has 0 bridgehead atoms. The Morgan fingerprint density at radius 3 is 2.52 bits per heavy atom. The zero-order valence-electron chi connectivity index (χ0n) is 14.0. The number of hydrogen-bond acceptors (Lipinski definition) is 2. The maximum Gasteiger partial charge on any atom is 0.226 e. The molecule has 0 spiro atoms. The molecular formula is C19H27FN2O. The van der Waals surface area contributed by atoms with Gasteiger partial charge in [0.05, 0.1) is 5.92 Å². The van der Waals surface area contributed by atoms with E-state index in [1.54, 1.807) is 0 Å². The average Bonchev–Trinajstić information content (AvgIpc) is 2.57. The largest absolute Gasteiger partial charge is 0.342 e. The lowest BCUT2D eigenvalue weighted by Gasteiger charge is -2.37. The van der Waals surface area contributed by atoms with Crippen molar-refractivity contribution >= 4 is 5.91 Å². The summed E-state index contributed by atoms with van der Waals surface area (Å²) in [4.78, 5) is 17.2. The van der Waals surface area contributed by atoms with Gasteiger partial charge in [-0.1, -0.05) is 19.1 Å². The maximum atomic E-state index is 13.0. The van der Waals surface area contributed by atoms with Gasteiger partial charge in [0.1, 0.15) is 5.82 Å². The van der Waals surface area contributed by atoms with Crippen LogP contribution in [0.2, 0.25) is 0 Å². The molecule has 3 rings (SSSR count). The summed E-state index contributed by atoms with van der Waals surface area (Å²) >= 11 is 0. The first-order valence-corrected chi connectivity index (χ1v) is 8.87. The van der Waals surface area contributed by atoms with E-state index in [0.29, 0.717) is 5.91 Å². The van der Waals surface area contributed by atoms with E-state index >= 15 is 0 Å². The summed E-state index contributed by atoms with van der Waals surface area (Å²) in [6, 6.07) is 6.70. The smallest absolute Gasteiger partial charge is 0.226 e. The highest BCUT2D eigenvalue weighted by atomic mass is 19.1. The normalized spacial score (nSPS) is 23.9. The van der Waals surface area contributed by atoms with E-state index in [9.17, 15) is 9.18 Å². The Kier molecular flexibility index (Phi) is 5.31. The Labute approximate surface area is 138 Å². The number of piperidine rings is 2. The molecule has 1 aromatic carbocycles. The zero-order chi connectivity index (χ0) is 16.2. The van der Waals surface area contributed by atoms with Crippen LogP contribution in [0.3, 0.4) is 0 Å². The molecular weight excluding hydrogens is 291 g/mol. The van der Waals surface area contributed by atoms with E-state index in [1.165, 1.54) is 12.1 Å². The van der Waals surface area contributed by atoms with Crippen molar-refractivity contribution < 1.29 is 9.18 Å². The highest BCUT2D eigenvalue weighted by Crippen LogP contribution is 2.24. The highest BCUT2D eigenvalue weighted by Gasteiger charge is 2.30. The van der Waals surface area contributed by atoms with Crippen molar-refractivity contribution in [3.63, 3.8) is 0 Å². The summed E-state index contributed by atoms with van der Waals surface area (Å²) in [5, 5.41) is 0. The third-order valence-electron chi connectivity index (χ3n) is 5.27. The molecule has 2 heterocycles. The first kappa shape index (κ1) is 16.4. The van der Waals surface area contributed by atoms with Crippen molar-refractivity contribution in [3.8, 4) is 0 Å². The topological polar surface area (TPSA) is 23.6 Å². The van der Waals surface area contributed by atoms with E-state index in [0.717, 1.165) is 69.9 Å². The average molecular weight is 318 g/mol. The molecule has 126 valence electrons. The molecule has 2 aliphatic heterocycles. The number of halogens is 1. The molecule has 1 unspecified atom stereocenters. The standard InChI is InChI=1S/C19H27FN2O/c1-15-8-11-22(12-9-15)19(23)17-3-2-10-21(14-17)13-16-4-6-18(20)7-5-16/h4-7,15,17H,2-3,8-14H2,1H3. The van der Waals surface area contributed by atoms with Gasteiger partial charge in [0, 0.05) is 26.2 Å². The molecule has 1 amide bonds. The van der Waals surface area contributed by atoms with Crippen molar-refractivity contribution in [2.45, 2.75) is 39.2 Å². The number of hydrogen-bond donors (Lipinski definition) is 0. The number of likely N-dealkylation sites (tertiary alicyclic amines) is 2. The summed E-state index contributed by atoms with van der Waals surface area (Å²) in [5.41, 5.74) is 1.12. The van der Waals surface area contributed by atoms with Crippen LogP contribution < -0.4 is 0 Å². The third-order valence-corrected chi connectivity index (χ3v) is 5.27. The van der Waals surface area contributed by atoms with Crippen molar-refractivity contribution in [2.75, 3.05) is 26.2 Å². The number of carbonyl (C=O) groups is 1. The molecule has 0 N–H and O–H groups in total. The van der Waals surface area contributed by atoms with Crippen LogP contribution in [0.15, 0.2) is 24.3 Å². The molecule has 0 saturated carbocycles. The predicted molar refractivity (Wildman–Crippen MR) is 89.4 cm³/mol. The van der Waals surface area contributed by atoms with Gasteiger partial charge in [-0.25, -0.2) is 4.39 Å². The monoisotopic (exact) mass is 318 g/mol.